The third-order valence-corrected chi connectivity index (χ3v) is 10.3. The first kappa shape index (κ1) is 30.1. The molecule has 0 aliphatic heterocycles. The summed E-state index contributed by atoms with van der Waals surface area (Å²) in [5.41, 5.74) is 12.3. The fourth-order valence-electron chi connectivity index (χ4n) is 7.68. The molecule has 0 amide bonds. The maximum Gasteiger partial charge on any atom is 0.227 e. The summed E-state index contributed by atoms with van der Waals surface area (Å²) in [6.07, 6.45) is 0. The Labute approximate surface area is 301 Å². The van der Waals surface area contributed by atoms with E-state index in [1.54, 1.807) is 0 Å². The number of hydrogen-bond donors (Lipinski definition) is 0. The van der Waals surface area contributed by atoms with Gasteiger partial charge in [-0.3, -0.25) is 0 Å². The van der Waals surface area contributed by atoms with E-state index in [1.165, 1.54) is 22.3 Å². The lowest BCUT2D eigenvalue weighted by atomic mass is 9.81. The van der Waals surface area contributed by atoms with Crippen LogP contribution in [0.25, 0.3) is 89.7 Å². The quantitative estimate of drug-likeness (QED) is 0.183. The maximum atomic E-state index is 6.47. The van der Waals surface area contributed by atoms with Crippen molar-refractivity contribution >= 4 is 21.9 Å². The molecule has 246 valence electrons. The summed E-state index contributed by atoms with van der Waals surface area (Å²) in [6.45, 7) is 4.62. The number of oxazole rings is 1. The van der Waals surface area contributed by atoms with Crippen LogP contribution in [0.3, 0.4) is 0 Å². The van der Waals surface area contributed by atoms with Crippen molar-refractivity contribution in [1.29, 1.82) is 0 Å². The van der Waals surface area contributed by atoms with Crippen LogP contribution >= 0.6 is 0 Å². The number of aromatic nitrogens is 4. The second kappa shape index (κ2) is 11.7. The Hall–Kier alpha value is -6.72. The molecule has 52 heavy (non-hydrogen) atoms. The lowest BCUT2D eigenvalue weighted by Gasteiger charge is -2.23. The summed E-state index contributed by atoms with van der Waals surface area (Å²) in [7, 11) is 0. The second-order valence-electron chi connectivity index (χ2n) is 13.9. The number of fused-ring (bicyclic) bond motifs is 6. The molecule has 0 bridgehead atoms. The monoisotopic (exact) mass is 668 g/mol. The van der Waals surface area contributed by atoms with Gasteiger partial charge in [-0.25, -0.2) is 19.9 Å². The highest BCUT2D eigenvalue weighted by atomic mass is 16.3. The van der Waals surface area contributed by atoms with Gasteiger partial charge in [0.1, 0.15) is 5.52 Å². The van der Waals surface area contributed by atoms with E-state index in [2.05, 4.69) is 98.8 Å². The summed E-state index contributed by atoms with van der Waals surface area (Å²) in [4.78, 5) is 20.3. The smallest absolute Gasteiger partial charge is 0.227 e. The van der Waals surface area contributed by atoms with Gasteiger partial charge >= 0.3 is 0 Å². The first-order valence-corrected chi connectivity index (χ1v) is 17.6. The van der Waals surface area contributed by atoms with E-state index in [4.69, 9.17) is 24.4 Å². The van der Waals surface area contributed by atoms with E-state index >= 15 is 0 Å². The first-order chi connectivity index (χ1) is 25.5. The van der Waals surface area contributed by atoms with E-state index in [0.717, 1.165) is 55.3 Å². The predicted molar refractivity (Wildman–Crippen MR) is 210 cm³/mol. The number of benzene rings is 7. The van der Waals surface area contributed by atoms with Gasteiger partial charge in [-0.15, -0.1) is 0 Å². The van der Waals surface area contributed by atoms with Crippen molar-refractivity contribution in [3.63, 3.8) is 0 Å². The van der Waals surface area contributed by atoms with E-state index in [-0.39, 0.29) is 5.41 Å². The van der Waals surface area contributed by atoms with E-state index < -0.39 is 0 Å². The lowest BCUT2D eigenvalue weighted by Crippen LogP contribution is -2.15. The molecule has 1 aliphatic rings. The Morgan fingerprint density at radius 3 is 1.73 bits per heavy atom. The van der Waals surface area contributed by atoms with Gasteiger partial charge in [0.2, 0.25) is 5.89 Å². The predicted octanol–water partition coefficient (Wildman–Crippen LogP) is 11.8. The van der Waals surface area contributed by atoms with Crippen molar-refractivity contribution in [1.82, 2.24) is 19.9 Å². The summed E-state index contributed by atoms with van der Waals surface area (Å²) in [5, 5.41) is 2.12. The van der Waals surface area contributed by atoms with Crippen LogP contribution in [-0.2, 0) is 5.41 Å². The molecule has 0 saturated heterocycles. The average Bonchev–Trinajstić information content (AvgIpc) is 3.75. The molecule has 10 rings (SSSR count). The van der Waals surface area contributed by atoms with Crippen molar-refractivity contribution in [2.75, 3.05) is 0 Å². The molecule has 0 spiro atoms. The lowest BCUT2D eigenvalue weighted by molar-refractivity contribution is 0.623. The van der Waals surface area contributed by atoms with Crippen LogP contribution in [0.1, 0.15) is 25.0 Å². The molecule has 0 unspecified atom stereocenters. The Morgan fingerprint density at radius 1 is 0.442 bits per heavy atom. The van der Waals surface area contributed by atoms with Crippen molar-refractivity contribution in [3.8, 4) is 67.9 Å². The Balaban J connectivity index is 1.23. The molecule has 7 aromatic carbocycles. The Morgan fingerprint density at radius 2 is 1.04 bits per heavy atom. The average molecular weight is 669 g/mol. The minimum absolute atomic E-state index is 0.242. The van der Waals surface area contributed by atoms with Crippen molar-refractivity contribution in [2.24, 2.45) is 0 Å². The highest BCUT2D eigenvalue weighted by Crippen LogP contribution is 2.53. The van der Waals surface area contributed by atoms with Gasteiger partial charge in [-0.05, 0) is 75.2 Å². The van der Waals surface area contributed by atoms with Gasteiger partial charge in [0.25, 0.3) is 0 Å². The van der Waals surface area contributed by atoms with Crippen LogP contribution in [0.2, 0.25) is 0 Å². The molecule has 9 aromatic rings. The molecule has 2 heterocycles. The molecule has 5 nitrogen and oxygen atoms in total. The largest absolute Gasteiger partial charge is 0.435 e. The molecule has 1 aliphatic carbocycles. The SMILES string of the molecule is CC1(C)c2ccccc2-c2c(-c3nc(-c4ccccc4)nc(-c4ccccc4)n3)cc(-c3ccc4ccc5nc(-c6ccccc6)oc5c4c3)cc21. The third kappa shape index (κ3) is 4.85. The summed E-state index contributed by atoms with van der Waals surface area (Å²) >= 11 is 0. The van der Waals surface area contributed by atoms with Crippen LogP contribution in [0.5, 0.6) is 0 Å². The Bertz CT molecular complexity index is 2750. The zero-order valence-electron chi connectivity index (χ0n) is 28.7. The standard InChI is InChI=1S/C47H32N4O/c1-47(2)38-21-13-12-20-35(38)41-37(45-50-43(30-14-6-3-7-15-30)49-44(51-45)31-16-8-4-9-17-31)27-34(28-39(41)47)33-23-22-29-24-25-40-42(36(29)26-33)52-46(48-40)32-18-10-5-11-19-32/h3-28H,1-2H3. The molecular formula is C47H32N4O. The van der Waals surface area contributed by atoms with Gasteiger partial charge in [0.15, 0.2) is 23.1 Å². The van der Waals surface area contributed by atoms with Crippen molar-refractivity contribution in [2.45, 2.75) is 19.3 Å². The highest BCUT2D eigenvalue weighted by molar-refractivity contribution is 6.05. The van der Waals surface area contributed by atoms with Crippen LogP contribution < -0.4 is 0 Å². The molecular weight excluding hydrogens is 637 g/mol. The third-order valence-electron chi connectivity index (χ3n) is 10.3. The van der Waals surface area contributed by atoms with Crippen molar-refractivity contribution in [3.05, 3.63) is 169 Å². The zero-order valence-corrected chi connectivity index (χ0v) is 28.7. The van der Waals surface area contributed by atoms with Gasteiger partial charge in [-0.1, -0.05) is 135 Å². The van der Waals surface area contributed by atoms with Gasteiger partial charge < -0.3 is 4.42 Å². The van der Waals surface area contributed by atoms with Crippen LogP contribution in [-0.4, -0.2) is 19.9 Å². The summed E-state index contributed by atoms with van der Waals surface area (Å²) in [6, 6.07) is 54.5. The van der Waals surface area contributed by atoms with E-state index in [9.17, 15) is 0 Å². The molecule has 0 atom stereocenters. The van der Waals surface area contributed by atoms with Crippen LogP contribution in [0.15, 0.2) is 162 Å². The normalized spacial score (nSPS) is 13.0. The molecule has 0 N–H and O–H groups in total. The topological polar surface area (TPSA) is 64.7 Å². The fraction of sp³-hybridized carbons (Fsp3) is 0.0638. The summed E-state index contributed by atoms with van der Waals surface area (Å²) < 4.78 is 6.47. The zero-order chi connectivity index (χ0) is 34.8. The Kier molecular flexibility index (Phi) is 6.77. The van der Waals surface area contributed by atoms with Gasteiger partial charge in [0.05, 0.1) is 0 Å². The first-order valence-electron chi connectivity index (χ1n) is 17.6. The molecule has 0 radical (unpaired) electrons. The van der Waals surface area contributed by atoms with Crippen LogP contribution in [0, 0.1) is 0 Å². The molecule has 2 aromatic heterocycles. The highest BCUT2D eigenvalue weighted by Gasteiger charge is 2.38. The molecule has 0 saturated carbocycles. The van der Waals surface area contributed by atoms with Crippen LogP contribution in [0.4, 0.5) is 0 Å². The molecule has 0 fully saturated rings. The minimum Gasteiger partial charge on any atom is -0.435 e. The minimum atomic E-state index is -0.242. The number of rotatable bonds is 5. The summed E-state index contributed by atoms with van der Waals surface area (Å²) in [5.74, 6) is 2.54. The fourth-order valence-corrected chi connectivity index (χ4v) is 7.68. The molecule has 5 heteroatoms. The number of hydrogen-bond acceptors (Lipinski definition) is 5. The second-order valence-corrected chi connectivity index (χ2v) is 13.9. The number of nitrogens with zero attached hydrogens (tertiary/aromatic N) is 4. The van der Waals surface area contributed by atoms with Gasteiger partial charge in [-0.2, -0.15) is 0 Å². The van der Waals surface area contributed by atoms with Crippen molar-refractivity contribution < 1.29 is 4.42 Å². The van der Waals surface area contributed by atoms with E-state index in [0.29, 0.717) is 23.4 Å². The van der Waals surface area contributed by atoms with E-state index in [1.807, 2.05) is 72.8 Å². The van der Waals surface area contributed by atoms with Gasteiger partial charge in [0, 0.05) is 33.1 Å². The maximum absolute atomic E-state index is 6.47.